The summed E-state index contributed by atoms with van der Waals surface area (Å²) >= 11 is 3.41. The first-order valence-electron chi connectivity index (χ1n) is 6.45. The summed E-state index contributed by atoms with van der Waals surface area (Å²) in [5, 5.41) is 3.35. The number of halogens is 1. The minimum absolute atomic E-state index is 0.255. The lowest BCUT2D eigenvalue weighted by molar-refractivity contribution is 0.311. The standard InChI is InChI=1S/C12H19BrN4O2S/c1-16(2)20(18,19)17-7-4-11(5-8-17)15-12-9-10(13)3-6-14-12/h3,6,9,11H,4-5,7-8H2,1-2H3,(H,14,15). The Morgan fingerprint density at radius 2 is 2.05 bits per heavy atom. The van der Waals surface area contributed by atoms with Crippen molar-refractivity contribution in [3.63, 3.8) is 0 Å². The fraction of sp³-hybridized carbons (Fsp3) is 0.583. The molecule has 0 saturated carbocycles. The Kier molecular flexibility index (Phi) is 5.00. The monoisotopic (exact) mass is 362 g/mol. The number of piperidine rings is 1. The summed E-state index contributed by atoms with van der Waals surface area (Å²) in [7, 11) is -0.166. The van der Waals surface area contributed by atoms with Crippen LogP contribution in [-0.2, 0) is 10.2 Å². The molecule has 0 atom stereocenters. The van der Waals surface area contributed by atoms with E-state index < -0.39 is 10.2 Å². The van der Waals surface area contributed by atoms with Crippen LogP contribution in [0.3, 0.4) is 0 Å². The average molecular weight is 363 g/mol. The topological polar surface area (TPSA) is 65.5 Å². The number of rotatable bonds is 4. The zero-order valence-electron chi connectivity index (χ0n) is 11.6. The molecular weight excluding hydrogens is 344 g/mol. The number of hydrogen-bond donors (Lipinski definition) is 1. The molecule has 1 aromatic heterocycles. The van der Waals surface area contributed by atoms with Gasteiger partial charge in [-0.05, 0) is 25.0 Å². The molecule has 2 rings (SSSR count). The van der Waals surface area contributed by atoms with Crippen LogP contribution < -0.4 is 5.32 Å². The Morgan fingerprint density at radius 3 is 2.60 bits per heavy atom. The summed E-state index contributed by atoms with van der Waals surface area (Å²) in [6.45, 7) is 1.07. The Hall–Kier alpha value is -0.700. The van der Waals surface area contributed by atoms with Crippen molar-refractivity contribution < 1.29 is 8.42 Å². The minimum Gasteiger partial charge on any atom is -0.367 e. The van der Waals surface area contributed by atoms with Gasteiger partial charge in [0.1, 0.15) is 5.82 Å². The van der Waals surface area contributed by atoms with E-state index in [1.54, 1.807) is 20.3 Å². The van der Waals surface area contributed by atoms with Gasteiger partial charge in [0, 0.05) is 43.9 Å². The van der Waals surface area contributed by atoms with Gasteiger partial charge in [0.25, 0.3) is 10.2 Å². The molecule has 0 unspecified atom stereocenters. The molecule has 1 aliphatic heterocycles. The van der Waals surface area contributed by atoms with Crippen molar-refractivity contribution in [2.45, 2.75) is 18.9 Å². The first-order chi connectivity index (χ1) is 9.39. The average Bonchev–Trinajstić information content (AvgIpc) is 2.39. The molecule has 1 fully saturated rings. The number of nitrogens with one attached hydrogen (secondary N) is 1. The predicted octanol–water partition coefficient (Wildman–Crippen LogP) is 1.53. The Bertz CT molecular complexity index is 556. The van der Waals surface area contributed by atoms with Gasteiger partial charge in [-0.3, -0.25) is 0 Å². The largest absolute Gasteiger partial charge is 0.367 e. The number of nitrogens with zero attached hydrogens (tertiary/aromatic N) is 3. The van der Waals surface area contributed by atoms with E-state index in [0.717, 1.165) is 23.1 Å². The fourth-order valence-corrected chi connectivity index (χ4v) is 3.62. The maximum Gasteiger partial charge on any atom is 0.281 e. The summed E-state index contributed by atoms with van der Waals surface area (Å²) in [5.74, 6) is 0.813. The van der Waals surface area contributed by atoms with Gasteiger partial charge in [0.2, 0.25) is 0 Å². The molecular formula is C12H19BrN4O2S. The molecule has 1 aromatic rings. The second kappa shape index (κ2) is 6.38. The van der Waals surface area contributed by atoms with Crippen LogP contribution in [0.25, 0.3) is 0 Å². The molecule has 1 N–H and O–H groups in total. The molecule has 0 spiro atoms. The van der Waals surface area contributed by atoms with Crippen molar-refractivity contribution in [3.8, 4) is 0 Å². The second-order valence-corrected chi connectivity index (χ2v) is 8.03. The molecule has 112 valence electrons. The SMILES string of the molecule is CN(C)S(=O)(=O)N1CCC(Nc2cc(Br)ccn2)CC1. The molecule has 20 heavy (non-hydrogen) atoms. The lowest BCUT2D eigenvalue weighted by atomic mass is 10.1. The molecule has 2 heterocycles. The van der Waals surface area contributed by atoms with Crippen LogP contribution in [0.1, 0.15) is 12.8 Å². The third-order valence-electron chi connectivity index (χ3n) is 3.32. The van der Waals surface area contributed by atoms with Crippen molar-refractivity contribution in [2.75, 3.05) is 32.5 Å². The van der Waals surface area contributed by atoms with Crippen LogP contribution in [0.4, 0.5) is 5.82 Å². The Morgan fingerprint density at radius 1 is 1.40 bits per heavy atom. The van der Waals surface area contributed by atoms with Gasteiger partial charge >= 0.3 is 0 Å². The van der Waals surface area contributed by atoms with Crippen LogP contribution in [0.5, 0.6) is 0 Å². The van der Waals surface area contributed by atoms with Crippen molar-refractivity contribution in [3.05, 3.63) is 22.8 Å². The van der Waals surface area contributed by atoms with Gasteiger partial charge in [-0.15, -0.1) is 0 Å². The van der Waals surface area contributed by atoms with Crippen LogP contribution >= 0.6 is 15.9 Å². The molecule has 8 heteroatoms. The quantitative estimate of drug-likeness (QED) is 0.881. The molecule has 1 aliphatic rings. The van der Waals surface area contributed by atoms with Crippen LogP contribution in [0, 0.1) is 0 Å². The van der Waals surface area contributed by atoms with Crippen molar-refractivity contribution in [1.29, 1.82) is 0 Å². The number of anilines is 1. The number of aromatic nitrogens is 1. The molecule has 0 aliphatic carbocycles. The van der Waals surface area contributed by atoms with Crippen LogP contribution in [0.2, 0.25) is 0 Å². The van der Waals surface area contributed by atoms with Crippen LogP contribution in [-0.4, -0.2) is 55.2 Å². The number of pyridine rings is 1. The zero-order valence-corrected chi connectivity index (χ0v) is 14.0. The summed E-state index contributed by atoms with van der Waals surface area (Å²) in [5.41, 5.74) is 0. The smallest absolute Gasteiger partial charge is 0.281 e. The van der Waals surface area contributed by atoms with Crippen molar-refractivity contribution in [2.24, 2.45) is 0 Å². The van der Waals surface area contributed by atoms with Gasteiger partial charge < -0.3 is 5.32 Å². The van der Waals surface area contributed by atoms with Crippen molar-refractivity contribution in [1.82, 2.24) is 13.6 Å². The third-order valence-corrected chi connectivity index (χ3v) is 5.75. The van der Waals surface area contributed by atoms with Gasteiger partial charge in [-0.25, -0.2) is 4.98 Å². The van der Waals surface area contributed by atoms with E-state index in [4.69, 9.17) is 0 Å². The van der Waals surface area contributed by atoms with Crippen molar-refractivity contribution >= 4 is 32.0 Å². The maximum absolute atomic E-state index is 12.0. The van der Waals surface area contributed by atoms with E-state index in [1.807, 2.05) is 12.1 Å². The molecule has 6 nitrogen and oxygen atoms in total. The van der Waals surface area contributed by atoms with E-state index >= 15 is 0 Å². The van der Waals surface area contributed by atoms with Crippen LogP contribution in [0.15, 0.2) is 22.8 Å². The van der Waals surface area contributed by atoms with E-state index in [0.29, 0.717) is 13.1 Å². The summed E-state index contributed by atoms with van der Waals surface area (Å²) in [6.07, 6.45) is 3.29. The fourth-order valence-electron chi connectivity index (χ4n) is 2.15. The summed E-state index contributed by atoms with van der Waals surface area (Å²) in [4.78, 5) is 4.25. The van der Waals surface area contributed by atoms with E-state index in [-0.39, 0.29) is 6.04 Å². The maximum atomic E-state index is 12.0. The van der Waals surface area contributed by atoms with E-state index in [2.05, 4.69) is 26.2 Å². The van der Waals surface area contributed by atoms with Gasteiger partial charge in [0.05, 0.1) is 0 Å². The Labute approximate surface area is 128 Å². The molecule has 0 bridgehead atoms. The highest BCUT2D eigenvalue weighted by Gasteiger charge is 2.29. The molecule has 0 radical (unpaired) electrons. The van der Waals surface area contributed by atoms with E-state index in [1.165, 1.54) is 8.61 Å². The molecule has 0 amide bonds. The second-order valence-electron chi connectivity index (χ2n) is 4.97. The predicted molar refractivity (Wildman–Crippen MR) is 82.8 cm³/mol. The highest BCUT2D eigenvalue weighted by molar-refractivity contribution is 9.10. The third kappa shape index (κ3) is 3.69. The summed E-state index contributed by atoms with van der Waals surface area (Å²) in [6, 6.07) is 4.05. The molecule has 1 saturated heterocycles. The number of hydrogen-bond acceptors (Lipinski definition) is 4. The Balaban J connectivity index is 1.92. The molecule has 0 aromatic carbocycles. The first-order valence-corrected chi connectivity index (χ1v) is 8.64. The highest BCUT2D eigenvalue weighted by Crippen LogP contribution is 2.20. The lowest BCUT2D eigenvalue weighted by Crippen LogP contribution is -2.46. The normalized spacial score (nSPS) is 18.4. The highest BCUT2D eigenvalue weighted by atomic mass is 79.9. The summed E-state index contributed by atoms with van der Waals surface area (Å²) < 4.78 is 27.8. The zero-order chi connectivity index (χ0) is 14.8. The van der Waals surface area contributed by atoms with Gasteiger partial charge in [-0.2, -0.15) is 17.0 Å². The minimum atomic E-state index is -3.29. The first kappa shape index (κ1) is 15.7. The van der Waals surface area contributed by atoms with Gasteiger partial charge in [-0.1, -0.05) is 15.9 Å². The lowest BCUT2D eigenvalue weighted by Gasteiger charge is -2.33. The van der Waals surface area contributed by atoms with E-state index in [9.17, 15) is 8.42 Å². The van der Waals surface area contributed by atoms with Gasteiger partial charge in [0.15, 0.2) is 0 Å².